The summed E-state index contributed by atoms with van der Waals surface area (Å²) in [6, 6.07) is -0.507. The van der Waals surface area contributed by atoms with E-state index in [4.69, 9.17) is 0 Å². The zero-order chi connectivity index (χ0) is 15.0. The third-order valence-electron chi connectivity index (χ3n) is 4.88. The average molecular weight is 289 g/mol. The van der Waals surface area contributed by atoms with Crippen LogP contribution in [-0.2, 0) is 17.6 Å². The molecule has 1 aromatic heterocycles. The number of aryl methyl sites for hydroxylation is 1. The normalized spacial score (nSPS) is 24.5. The number of anilines is 1. The third kappa shape index (κ3) is 2.49. The Bertz CT molecular complexity index is 556. The van der Waals surface area contributed by atoms with Gasteiger partial charge in [-0.15, -0.1) is 0 Å². The number of hydrogen-bond acceptors (Lipinski definition) is 4. The van der Waals surface area contributed by atoms with Crippen LogP contribution >= 0.6 is 0 Å². The molecule has 1 N–H and O–H groups in total. The molecule has 5 nitrogen and oxygen atoms in total. The first-order valence-corrected chi connectivity index (χ1v) is 7.83. The molecular formula is C16H23N3O2. The van der Waals surface area contributed by atoms with E-state index in [1.807, 2.05) is 18.7 Å². The summed E-state index contributed by atoms with van der Waals surface area (Å²) < 4.78 is 0. The lowest BCUT2D eigenvalue weighted by molar-refractivity contribution is -0.142. The predicted octanol–water partition coefficient (Wildman–Crippen LogP) is 2.44. The topological polar surface area (TPSA) is 66.3 Å². The molecule has 0 bridgehead atoms. The van der Waals surface area contributed by atoms with Crippen molar-refractivity contribution >= 4 is 11.8 Å². The van der Waals surface area contributed by atoms with E-state index in [1.54, 1.807) is 6.33 Å². The van der Waals surface area contributed by atoms with Gasteiger partial charge in [-0.2, -0.15) is 0 Å². The zero-order valence-electron chi connectivity index (χ0n) is 12.8. The zero-order valence-corrected chi connectivity index (χ0v) is 12.8. The molecule has 1 aliphatic heterocycles. The number of aliphatic carboxylic acids is 1. The second kappa shape index (κ2) is 5.28. The number of carboxylic acids is 1. The summed E-state index contributed by atoms with van der Waals surface area (Å²) in [5.74, 6) is 0.114. The molecule has 1 aromatic rings. The summed E-state index contributed by atoms with van der Waals surface area (Å²) in [7, 11) is 0. The predicted molar refractivity (Wildman–Crippen MR) is 80.5 cm³/mol. The Morgan fingerprint density at radius 2 is 2.05 bits per heavy atom. The third-order valence-corrected chi connectivity index (χ3v) is 4.88. The molecule has 0 aromatic carbocycles. The van der Waals surface area contributed by atoms with Gasteiger partial charge in [-0.05, 0) is 43.9 Å². The SMILES string of the molecule is CC1(C)CCCN(c2ncnc3c2CCCC3)C1C(=O)O. The molecule has 21 heavy (non-hydrogen) atoms. The van der Waals surface area contributed by atoms with Crippen LogP contribution in [0.5, 0.6) is 0 Å². The van der Waals surface area contributed by atoms with Crippen molar-refractivity contribution in [2.75, 3.05) is 11.4 Å². The minimum atomic E-state index is -0.747. The van der Waals surface area contributed by atoms with Crippen LogP contribution in [0.1, 0.15) is 50.8 Å². The van der Waals surface area contributed by atoms with Crippen LogP contribution in [0.2, 0.25) is 0 Å². The summed E-state index contributed by atoms with van der Waals surface area (Å²) in [6.45, 7) is 4.86. The second-order valence-corrected chi connectivity index (χ2v) is 6.86. The van der Waals surface area contributed by atoms with Crippen LogP contribution in [0.15, 0.2) is 6.33 Å². The molecule has 1 atom stereocenters. The minimum absolute atomic E-state index is 0.240. The molecule has 0 spiro atoms. The number of fused-ring (bicyclic) bond motifs is 1. The Labute approximate surface area is 125 Å². The van der Waals surface area contributed by atoms with Crippen LogP contribution in [0.4, 0.5) is 5.82 Å². The molecule has 1 aliphatic carbocycles. The average Bonchev–Trinajstić information content (AvgIpc) is 2.45. The molecule has 0 saturated carbocycles. The number of hydrogen-bond donors (Lipinski definition) is 1. The van der Waals surface area contributed by atoms with E-state index in [0.717, 1.165) is 56.6 Å². The first kappa shape index (κ1) is 14.3. The van der Waals surface area contributed by atoms with Crippen molar-refractivity contribution in [2.24, 2.45) is 5.41 Å². The number of nitrogens with zero attached hydrogens (tertiary/aromatic N) is 3. The highest BCUT2D eigenvalue weighted by Gasteiger charge is 2.43. The molecule has 5 heteroatoms. The van der Waals surface area contributed by atoms with Crippen molar-refractivity contribution in [2.45, 2.75) is 58.4 Å². The van der Waals surface area contributed by atoms with E-state index >= 15 is 0 Å². The quantitative estimate of drug-likeness (QED) is 0.905. The van der Waals surface area contributed by atoms with Crippen molar-refractivity contribution in [3.8, 4) is 0 Å². The number of carbonyl (C=O) groups is 1. The van der Waals surface area contributed by atoms with E-state index < -0.39 is 12.0 Å². The van der Waals surface area contributed by atoms with Crippen LogP contribution in [0.3, 0.4) is 0 Å². The van der Waals surface area contributed by atoms with Crippen molar-refractivity contribution in [1.29, 1.82) is 0 Å². The molecule has 1 saturated heterocycles. The Kier molecular flexibility index (Phi) is 3.59. The van der Waals surface area contributed by atoms with Gasteiger partial charge in [-0.1, -0.05) is 13.8 Å². The van der Waals surface area contributed by atoms with Gasteiger partial charge in [0.25, 0.3) is 0 Å². The van der Waals surface area contributed by atoms with Gasteiger partial charge >= 0.3 is 5.97 Å². The fraction of sp³-hybridized carbons (Fsp3) is 0.688. The van der Waals surface area contributed by atoms with Crippen molar-refractivity contribution in [1.82, 2.24) is 9.97 Å². The standard InChI is InChI=1S/C16H23N3O2/c1-16(2)8-5-9-19(13(16)15(20)21)14-11-6-3-4-7-12(11)17-10-18-14/h10,13H,3-9H2,1-2H3,(H,20,21). The molecule has 0 amide bonds. The second-order valence-electron chi connectivity index (χ2n) is 6.86. The fourth-order valence-corrected chi connectivity index (χ4v) is 3.84. The number of aromatic nitrogens is 2. The van der Waals surface area contributed by atoms with Gasteiger partial charge < -0.3 is 10.0 Å². The summed E-state index contributed by atoms with van der Waals surface area (Å²) in [4.78, 5) is 22.7. The summed E-state index contributed by atoms with van der Waals surface area (Å²) in [5, 5.41) is 9.72. The molecular weight excluding hydrogens is 266 g/mol. The van der Waals surface area contributed by atoms with Crippen LogP contribution < -0.4 is 4.90 Å². The van der Waals surface area contributed by atoms with E-state index in [2.05, 4.69) is 9.97 Å². The smallest absolute Gasteiger partial charge is 0.326 e. The lowest BCUT2D eigenvalue weighted by Crippen LogP contribution is -2.55. The van der Waals surface area contributed by atoms with Crippen LogP contribution in [-0.4, -0.2) is 33.6 Å². The lowest BCUT2D eigenvalue weighted by Gasteiger charge is -2.45. The first-order chi connectivity index (χ1) is 10.0. The van der Waals surface area contributed by atoms with E-state index in [1.165, 1.54) is 5.56 Å². The summed E-state index contributed by atoms with van der Waals surface area (Å²) in [5.41, 5.74) is 2.04. The van der Waals surface area contributed by atoms with E-state index in [0.29, 0.717) is 0 Å². The first-order valence-electron chi connectivity index (χ1n) is 7.83. The monoisotopic (exact) mass is 289 g/mol. The Morgan fingerprint density at radius 3 is 2.81 bits per heavy atom. The largest absolute Gasteiger partial charge is 0.480 e. The molecule has 2 heterocycles. The van der Waals surface area contributed by atoms with Gasteiger partial charge in [0.1, 0.15) is 18.2 Å². The Hall–Kier alpha value is -1.65. The van der Waals surface area contributed by atoms with Gasteiger partial charge in [0.15, 0.2) is 0 Å². The maximum absolute atomic E-state index is 11.8. The summed E-state index contributed by atoms with van der Waals surface area (Å²) in [6.07, 6.45) is 7.80. The lowest BCUT2D eigenvalue weighted by atomic mass is 9.76. The highest BCUT2D eigenvalue weighted by atomic mass is 16.4. The molecule has 3 rings (SSSR count). The molecule has 114 valence electrons. The molecule has 1 fully saturated rings. The molecule has 1 unspecified atom stereocenters. The maximum atomic E-state index is 11.8. The van der Waals surface area contributed by atoms with E-state index in [-0.39, 0.29) is 5.41 Å². The van der Waals surface area contributed by atoms with Gasteiger partial charge in [-0.25, -0.2) is 14.8 Å². The van der Waals surface area contributed by atoms with E-state index in [9.17, 15) is 9.90 Å². The van der Waals surface area contributed by atoms with Crippen molar-refractivity contribution in [3.63, 3.8) is 0 Å². The van der Waals surface area contributed by atoms with Crippen molar-refractivity contribution < 1.29 is 9.90 Å². The van der Waals surface area contributed by atoms with Gasteiger partial charge in [0.05, 0.1) is 0 Å². The van der Waals surface area contributed by atoms with Crippen LogP contribution in [0.25, 0.3) is 0 Å². The van der Waals surface area contributed by atoms with Gasteiger partial charge in [-0.3, -0.25) is 0 Å². The maximum Gasteiger partial charge on any atom is 0.326 e. The fourth-order valence-electron chi connectivity index (χ4n) is 3.84. The van der Waals surface area contributed by atoms with Gasteiger partial charge in [0, 0.05) is 17.8 Å². The highest BCUT2D eigenvalue weighted by Crippen LogP contribution is 2.39. The van der Waals surface area contributed by atoms with Gasteiger partial charge in [0.2, 0.25) is 0 Å². The highest BCUT2D eigenvalue weighted by molar-refractivity contribution is 5.79. The molecule has 2 aliphatic rings. The van der Waals surface area contributed by atoms with Crippen molar-refractivity contribution in [3.05, 3.63) is 17.6 Å². The molecule has 0 radical (unpaired) electrons. The minimum Gasteiger partial charge on any atom is -0.480 e. The number of piperidine rings is 1. The Balaban J connectivity index is 2.04. The van der Waals surface area contributed by atoms with Crippen LogP contribution in [0, 0.1) is 5.41 Å². The number of carboxylic acid groups (broad SMARTS) is 1. The number of rotatable bonds is 2. The Morgan fingerprint density at radius 1 is 1.29 bits per heavy atom. The summed E-state index contributed by atoms with van der Waals surface area (Å²) >= 11 is 0.